The van der Waals surface area contributed by atoms with Gasteiger partial charge in [-0.2, -0.15) is 0 Å². The fourth-order valence-corrected chi connectivity index (χ4v) is 1.96. The molecule has 2 rings (SSSR count). The molecular weight excluding hydrogens is 230 g/mol. The summed E-state index contributed by atoms with van der Waals surface area (Å²) in [6, 6.07) is 7.58. The van der Waals surface area contributed by atoms with Crippen LogP contribution in [0.1, 0.15) is 6.92 Å². The van der Waals surface area contributed by atoms with Gasteiger partial charge in [-0.1, -0.05) is 42.4 Å². The minimum atomic E-state index is 0.682. The Bertz CT molecular complexity index is 455. The fraction of sp³-hybridized carbons (Fsp3) is 0.200. The van der Waals surface area contributed by atoms with E-state index in [1.807, 2.05) is 24.3 Å². The van der Waals surface area contributed by atoms with Crippen LogP contribution in [0.25, 0.3) is 11.4 Å². The molecular formula is C10H10ClN3S. The van der Waals surface area contributed by atoms with Crippen molar-refractivity contribution < 1.29 is 0 Å². The highest BCUT2D eigenvalue weighted by atomic mass is 35.5. The van der Waals surface area contributed by atoms with Gasteiger partial charge in [0.25, 0.3) is 0 Å². The normalized spacial score (nSPS) is 10.5. The number of benzene rings is 1. The molecule has 0 aliphatic heterocycles. The van der Waals surface area contributed by atoms with Crippen molar-refractivity contribution in [3.63, 3.8) is 0 Å². The van der Waals surface area contributed by atoms with Crippen molar-refractivity contribution in [3.8, 4) is 11.4 Å². The number of aromatic nitrogens is 3. The van der Waals surface area contributed by atoms with Crippen molar-refractivity contribution in [3.05, 3.63) is 29.3 Å². The maximum Gasteiger partial charge on any atom is 0.208 e. The van der Waals surface area contributed by atoms with Gasteiger partial charge in [-0.3, -0.25) is 5.10 Å². The zero-order chi connectivity index (χ0) is 10.7. The number of hydrogen-bond donors (Lipinski definition) is 1. The van der Waals surface area contributed by atoms with E-state index in [4.69, 9.17) is 11.6 Å². The monoisotopic (exact) mass is 239 g/mol. The zero-order valence-corrected chi connectivity index (χ0v) is 9.77. The van der Waals surface area contributed by atoms with E-state index >= 15 is 0 Å². The number of nitrogens with zero attached hydrogens (tertiary/aromatic N) is 2. The molecule has 1 aromatic heterocycles. The molecule has 0 aliphatic rings. The number of H-pyrrole nitrogens is 1. The van der Waals surface area contributed by atoms with Crippen molar-refractivity contribution in [1.82, 2.24) is 15.2 Å². The molecule has 1 N–H and O–H groups in total. The van der Waals surface area contributed by atoms with Gasteiger partial charge >= 0.3 is 0 Å². The van der Waals surface area contributed by atoms with Crippen LogP contribution in [0.5, 0.6) is 0 Å². The second-order valence-corrected chi connectivity index (χ2v) is 4.52. The highest BCUT2D eigenvalue weighted by molar-refractivity contribution is 7.99. The van der Waals surface area contributed by atoms with Crippen LogP contribution in [0, 0.1) is 0 Å². The van der Waals surface area contributed by atoms with Gasteiger partial charge in [0.2, 0.25) is 5.16 Å². The molecule has 0 saturated heterocycles. The maximum atomic E-state index is 6.05. The summed E-state index contributed by atoms with van der Waals surface area (Å²) >= 11 is 7.65. The molecule has 3 nitrogen and oxygen atoms in total. The lowest BCUT2D eigenvalue weighted by atomic mass is 10.2. The van der Waals surface area contributed by atoms with Crippen LogP contribution < -0.4 is 0 Å². The van der Waals surface area contributed by atoms with Crippen LogP contribution in [0.3, 0.4) is 0 Å². The zero-order valence-electron chi connectivity index (χ0n) is 8.20. The molecule has 0 saturated carbocycles. The molecule has 0 fully saturated rings. The molecule has 0 amide bonds. The summed E-state index contributed by atoms with van der Waals surface area (Å²) in [5, 5.41) is 8.41. The van der Waals surface area contributed by atoms with Crippen LogP contribution in [0.2, 0.25) is 5.02 Å². The smallest absolute Gasteiger partial charge is 0.208 e. The van der Waals surface area contributed by atoms with Crippen LogP contribution >= 0.6 is 23.4 Å². The first-order chi connectivity index (χ1) is 7.31. The summed E-state index contributed by atoms with van der Waals surface area (Å²) in [4.78, 5) is 4.34. The summed E-state index contributed by atoms with van der Waals surface area (Å²) < 4.78 is 0. The number of nitrogens with one attached hydrogen (secondary N) is 1. The van der Waals surface area contributed by atoms with E-state index in [9.17, 15) is 0 Å². The highest BCUT2D eigenvalue weighted by Crippen LogP contribution is 2.25. The predicted molar refractivity (Wildman–Crippen MR) is 63.2 cm³/mol. The molecule has 0 spiro atoms. The molecule has 1 aromatic carbocycles. The first-order valence-corrected chi connectivity index (χ1v) is 5.97. The van der Waals surface area contributed by atoms with Crippen LogP contribution in [-0.2, 0) is 0 Å². The van der Waals surface area contributed by atoms with Crippen molar-refractivity contribution in [1.29, 1.82) is 0 Å². The van der Waals surface area contributed by atoms with Gasteiger partial charge in [0, 0.05) is 5.56 Å². The average Bonchev–Trinajstić information content (AvgIpc) is 2.68. The Kier molecular flexibility index (Phi) is 3.28. The van der Waals surface area contributed by atoms with Crippen molar-refractivity contribution in [2.75, 3.05) is 5.75 Å². The minimum absolute atomic E-state index is 0.682. The predicted octanol–water partition coefficient (Wildman–Crippen LogP) is 3.24. The van der Waals surface area contributed by atoms with Gasteiger partial charge in [-0.25, -0.2) is 4.98 Å². The summed E-state index contributed by atoms with van der Waals surface area (Å²) in [5.41, 5.74) is 0.884. The van der Waals surface area contributed by atoms with E-state index in [0.717, 1.165) is 22.3 Å². The quantitative estimate of drug-likeness (QED) is 0.837. The van der Waals surface area contributed by atoms with Crippen molar-refractivity contribution in [2.45, 2.75) is 12.1 Å². The average molecular weight is 240 g/mol. The topological polar surface area (TPSA) is 41.6 Å². The van der Waals surface area contributed by atoms with Crippen LogP contribution in [0.15, 0.2) is 29.4 Å². The SMILES string of the molecule is CCSc1n[nH]c(-c2ccccc2Cl)n1. The maximum absolute atomic E-state index is 6.05. The van der Waals surface area contributed by atoms with E-state index in [-0.39, 0.29) is 0 Å². The third kappa shape index (κ3) is 2.33. The van der Waals surface area contributed by atoms with Gasteiger partial charge in [0.15, 0.2) is 5.82 Å². The third-order valence-electron chi connectivity index (χ3n) is 1.87. The minimum Gasteiger partial charge on any atom is -0.258 e. The Balaban J connectivity index is 2.33. The first kappa shape index (κ1) is 10.5. The Hall–Kier alpha value is -1.00. The molecule has 1 heterocycles. The summed E-state index contributed by atoms with van der Waals surface area (Å²) in [6.45, 7) is 2.07. The number of halogens is 1. The highest BCUT2D eigenvalue weighted by Gasteiger charge is 2.07. The van der Waals surface area contributed by atoms with E-state index in [1.165, 1.54) is 0 Å². The van der Waals surface area contributed by atoms with E-state index in [0.29, 0.717) is 5.02 Å². The number of aromatic amines is 1. The number of thioether (sulfide) groups is 1. The molecule has 0 unspecified atom stereocenters. The summed E-state index contributed by atoms with van der Waals surface area (Å²) in [6.07, 6.45) is 0. The lowest BCUT2D eigenvalue weighted by molar-refractivity contribution is 0.974. The molecule has 0 aliphatic carbocycles. The lowest BCUT2D eigenvalue weighted by Crippen LogP contribution is -1.81. The van der Waals surface area contributed by atoms with Crippen molar-refractivity contribution >= 4 is 23.4 Å². The first-order valence-electron chi connectivity index (χ1n) is 4.61. The van der Waals surface area contributed by atoms with Crippen LogP contribution in [-0.4, -0.2) is 20.9 Å². The molecule has 0 bridgehead atoms. The Labute approximate surface area is 97.3 Å². The molecule has 78 valence electrons. The van der Waals surface area contributed by atoms with Crippen LogP contribution in [0.4, 0.5) is 0 Å². The Morgan fingerprint density at radius 3 is 2.93 bits per heavy atom. The second kappa shape index (κ2) is 4.68. The summed E-state index contributed by atoms with van der Waals surface area (Å²) in [5.74, 6) is 1.68. The van der Waals surface area contributed by atoms with E-state index < -0.39 is 0 Å². The number of rotatable bonds is 3. The van der Waals surface area contributed by atoms with Gasteiger partial charge in [-0.15, -0.1) is 5.10 Å². The van der Waals surface area contributed by atoms with Gasteiger partial charge in [0.05, 0.1) is 5.02 Å². The van der Waals surface area contributed by atoms with Gasteiger partial charge < -0.3 is 0 Å². The molecule has 2 aromatic rings. The second-order valence-electron chi connectivity index (χ2n) is 2.88. The van der Waals surface area contributed by atoms with Gasteiger partial charge in [-0.05, 0) is 17.9 Å². The molecule has 0 atom stereocenters. The van der Waals surface area contributed by atoms with Gasteiger partial charge in [0.1, 0.15) is 0 Å². The van der Waals surface area contributed by atoms with Crippen molar-refractivity contribution in [2.24, 2.45) is 0 Å². The molecule has 15 heavy (non-hydrogen) atoms. The lowest BCUT2D eigenvalue weighted by Gasteiger charge is -1.97. The molecule has 5 heteroatoms. The standard InChI is InChI=1S/C10H10ClN3S/c1-2-15-10-12-9(13-14-10)7-5-3-4-6-8(7)11/h3-6H,2H2,1H3,(H,12,13,14). The fourth-order valence-electron chi connectivity index (χ4n) is 1.21. The summed E-state index contributed by atoms with van der Waals surface area (Å²) in [7, 11) is 0. The molecule has 0 radical (unpaired) electrons. The Morgan fingerprint density at radius 2 is 2.20 bits per heavy atom. The largest absolute Gasteiger partial charge is 0.258 e. The van der Waals surface area contributed by atoms with E-state index in [2.05, 4.69) is 22.1 Å². The number of hydrogen-bond acceptors (Lipinski definition) is 3. The Morgan fingerprint density at radius 1 is 1.40 bits per heavy atom. The van der Waals surface area contributed by atoms with E-state index in [1.54, 1.807) is 11.8 Å². The third-order valence-corrected chi connectivity index (χ3v) is 2.93.